The molecule has 1 aliphatic heterocycles. The summed E-state index contributed by atoms with van der Waals surface area (Å²) >= 11 is 3.48. The molecule has 0 saturated carbocycles. The summed E-state index contributed by atoms with van der Waals surface area (Å²) in [6.07, 6.45) is 1.70. The number of quaternary nitrogens is 1. The van der Waals surface area contributed by atoms with Crippen molar-refractivity contribution in [2.75, 3.05) is 40.5 Å². The van der Waals surface area contributed by atoms with Gasteiger partial charge in [-0.05, 0) is 23.8 Å². The van der Waals surface area contributed by atoms with Gasteiger partial charge in [-0.3, -0.25) is 4.79 Å². The Bertz CT molecular complexity index is 904. The molecule has 0 aromatic heterocycles. The van der Waals surface area contributed by atoms with E-state index < -0.39 is 0 Å². The first-order valence-corrected chi connectivity index (χ1v) is 10.2. The first-order valence-electron chi connectivity index (χ1n) is 9.38. The third-order valence-electron chi connectivity index (χ3n) is 4.84. The van der Waals surface area contributed by atoms with E-state index in [0.717, 1.165) is 28.0 Å². The van der Waals surface area contributed by atoms with Crippen molar-refractivity contribution in [3.8, 4) is 11.5 Å². The molecule has 7 heteroatoms. The topological polar surface area (TPSA) is 72.3 Å². The quantitative estimate of drug-likeness (QED) is 0.576. The molecule has 6 nitrogen and oxygen atoms in total. The fraction of sp³-hybridized carbons (Fsp3) is 0.318. The minimum atomic E-state index is -0.215. The third kappa shape index (κ3) is 5.05. The van der Waals surface area contributed by atoms with Gasteiger partial charge in [0.2, 0.25) is 5.78 Å². The number of rotatable bonds is 9. The summed E-state index contributed by atoms with van der Waals surface area (Å²) in [5.74, 6) is 0.237. The van der Waals surface area contributed by atoms with Gasteiger partial charge in [-0.15, -0.1) is 0 Å². The number of halogens is 1. The van der Waals surface area contributed by atoms with Crippen molar-refractivity contribution in [2.45, 2.75) is 6.54 Å². The van der Waals surface area contributed by atoms with Crippen LogP contribution in [0.1, 0.15) is 21.5 Å². The van der Waals surface area contributed by atoms with E-state index in [1.807, 2.05) is 24.3 Å². The molecule has 1 heterocycles. The molecule has 0 saturated heterocycles. The van der Waals surface area contributed by atoms with Crippen molar-refractivity contribution in [2.24, 2.45) is 0 Å². The Hall–Kier alpha value is -2.19. The van der Waals surface area contributed by atoms with Crippen molar-refractivity contribution in [1.82, 2.24) is 0 Å². The van der Waals surface area contributed by atoms with E-state index in [1.165, 1.54) is 6.07 Å². The Morgan fingerprint density at radius 3 is 2.45 bits per heavy atom. The molecule has 1 aliphatic rings. The van der Waals surface area contributed by atoms with Crippen LogP contribution < -0.4 is 14.7 Å². The van der Waals surface area contributed by atoms with Crippen LogP contribution in [0.25, 0.3) is 6.08 Å². The average molecular weight is 462 g/mol. The number of carbonyl (C=O) groups excluding carboxylic acids is 1. The molecule has 0 radical (unpaired) electrons. The Labute approximate surface area is 178 Å². The molecule has 154 valence electrons. The minimum absolute atomic E-state index is 0.133. The van der Waals surface area contributed by atoms with Crippen LogP contribution in [0.5, 0.6) is 11.5 Å². The monoisotopic (exact) mass is 461 g/mol. The van der Waals surface area contributed by atoms with Crippen molar-refractivity contribution in [3.63, 3.8) is 0 Å². The van der Waals surface area contributed by atoms with Crippen LogP contribution in [0, 0.1) is 0 Å². The van der Waals surface area contributed by atoms with Crippen molar-refractivity contribution in [1.29, 1.82) is 0 Å². The van der Waals surface area contributed by atoms with E-state index in [-0.39, 0.29) is 17.3 Å². The zero-order valence-electron chi connectivity index (χ0n) is 16.5. The molecule has 3 rings (SSSR count). The van der Waals surface area contributed by atoms with E-state index >= 15 is 0 Å². The largest absolute Gasteiger partial charge is 0.872 e. The van der Waals surface area contributed by atoms with Crippen LogP contribution in [-0.4, -0.2) is 46.3 Å². The summed E-state index contributed by atoms with van der Waals surface area (Å²) in [6, 6.07) is 10.6. The molecule has 2 aromatic carbocycles. The first-order chi connectivity index (χ1) is 14.0. The molecule has 1 N–H and O–H groups in total. The van der Waals surface area contributed by atoms with E-state index in [2.05, 4.69) is 15.9 Å². The summed E-state index contributed by atoms with van der Waals surface area (Å²) < 4.78 is 17.1. The zero-order valence-corrected chi connectivity index (χ0v) is 18.1. The fourth-order valence-corrected chi connectivity index (χ4v) is 3.63. The molecule has 29 heavy (non-hydrogen) atoms. The lowest BCUT2D eigenvalue weighted by Gasteiger charge is -2.23. The van der Waals surface area contributed by atoms with E-state index in [4.69, 9.17) is 14.2 Å². The van der Waals surface area contributed by atoms with Gasteiger partial charge in [-0.1, -0.05) is 45.9 Å². The fourth-order valence-electron chi connectivity index (χ4n) is 3.23. The zero-order chi connectivity index (χ0) is 20.8. The van der Waals surface area contributed by atoms with Gasteiger partial charge in [0.25, 0.3) is 0 Å². The van der Waals surface area contributed by atoms with Gasteiger partial charge in [0.05, 0.1) is 18.8 Å². The van der Waals surface area contributed by atoms with Crippen molar-refractivity contribution in [3.05, 3.63) is 63.3 Å². The number of allylic oxidation sites excluding steroid dienone is 1. The van der Waals surface area contributed by atoms with Gasteiger partial charge in [0, 0.05) is 24.3 Å². The van der Waals surface area contributed by atoms with E-state index in [0.29, 0.717) is 36.6 Å². The second-order valence-electron chi connectivity index (χ2n) is 6.79. The van der Waals surface area contributed by atoms with Gasteiger partial charge < -0.3 is 24.2 Å². The van der Waals surface area contributed by atoms with E-state index in [9.17, 15) is 9.90 Å². The highest BCUT2D eigenvalue weighted by Crippen LogP contribution is 2.38. The Morgan fingerprint density at radius 2 is 1.79 bits per heavy atom. The highest BCUT2D eigenvalue weighted by molar-refractivity contribution is 9.10. The maximum Gasteiger partial charge on any atom is 0.231 e. The predicted molar refractivity (Wildman–Crippen MR) is 111 cm³/mol. The number of benzene rings is 2. The van der Waals surface area contributed by atoms with Crippen LogP contribution in [0.2, 0.25) is 0 Å². The highest BCUT2D eigenvalue weighted by Gasteiger charge is 2.31. The smallest absolute Gasteiger partial charge is 0.231 e. The number of nitrogens with one attached hydrogen (secondary N) is 1. The van der Waals surface area contributed by atoms with Crippen LogP contribution in [0.3, 0.4) is 0 Å². The lowest BCUT2D eigenvalue weighted by Crippen LogP contribution is -3.11. The molecule has 2 aromatic rings. The predicted octanol–water partition coefficient (Wildman–Crippen LogP) is 1.82. The molecular formula is C22H24BrNO5. The van der Waals surface area contributed by atoms with Gasteiger partial charge in [-0.25, -0.2) is 0 Å². The number of hydrogen-bond acceptors (Lipinski definition) is 5. The molecule has 0 atom stereocenters. The van der Waals surface area contributed by atoms with E-state index in [1.54, 1.807) is 26.4 Å². The Balaban J connectivity index is 1.90. The van der Waals surface area contributed by atoms with Crippen LogP contribution >= 0.6 is 15.9 Å². The second kappa shape index (κ2) is 10.0. The Morgan fingerprint density at radius 1 is 1.10 bits per heavy atom. The molecular weight excluding hydrogens is 438 g/mol. The SMILES string of the molecule is COCC[NH+](CCOC)Cc1c([O-])ccc2c1OC(=Cc1ccccc1Br)C2=O. The number of Topliss-reactive ketones (excluding diaryl/α,β-unsaturated/α-hetero) is 1. The lowest BCUT2D eigenvalue weighted by molar-refractivity contribution is -0.914. The van der Waals surface area contributed by atoms with Crippen LogP contribution in [0.4, 0.5) is 0 Å². The number of fused-ring (bicyclic) bond motifs is 1. The third-order valence-corrected chi connectivity index (χ3v) is 5.56. The number of hydrogen-bond donors (Lipinski definition) is 1. The van der Waals surface area contributed by atoms with Gasteiger partial charge >= 0.3 is 0 Å². The minimum Gasteiger partial charge on any atom is -0.872 e. The van der Waals surface area contributed by atoms with Gasteiger partial charge in [-0.2, -0.15) is 0 Å². The molecule has 0 spiro atoms. The number of ether oxygens (including phenoxy) is 3. The normalized spacial score (nSPS) is 14.5. The maximum absolute atomic E-state index is 12.8. The summed E-state index contributed by atoms with van der Waals surface area (Å²) in [5, 5.41) is 12.6. The summed E-state index contributed by atoms with van der Waals surface area (Å²) in [6.45, 7) is 3.00. The van der Waals surface area contributed by atoms with Gasteiger partial charge in [0.1, 0.15) is 25.4 Å². The molecule has 0 amide bonds. The molecule has 0 unspecified atom stereocenters. The summed E-state index contributed by atoms with van der Waals surface area (Å²) in [5.41, 5.74) is 1.77. The molecule has 0 aliphatic carbocycles. The second-order valence-corrected chi connectivity index (χ2v) is 7.65. The number of carbonyl (C=O) groups is 1. The summed E-state index contributed by atoms with van der Waals surface area (Å²) in [7, 11) is 3.29. The highest BCUT2D eigenvalue weighted by atomic mass is 79.9. The summed E-state index contributed by atoms with van der Waals surface area (Å²) in [4.78, 5) is 14.0. The molecule has 0 fully saturated rings. The standard InChI is InChI=1S/C22H24BrNO5/c1-27-11-9-24(10-12-28-2)14-17-19(25)8-7-16-21(26)20(29-22(16)17)13-15-5-3-4-6-18(15)23/h3-8,13,25H,9-12,14H2,1-2H3. The Kier molecular flexibility index (Phi) is 7.44. The van der Waals surface area contributed by atoms with Crippen LogP contribution in [0.15, 0.2) is 46.6 Å². The average Bonchev–Trinajstić information content (AvgIpc) is 3.03. The van der Waals surface area contributed by atoms with Crippen LogP contribution in [-0.2, 0) is 16.0 Å². The number of methoxy groups -OCH3 is 2. The lowest BCUT2D eigenvalue weighted by atomic mass is 10.0. The van der Waals surface area contributed by atoms with Crippen molar-refractivity contribution >= 4 is 27.8 Å². The maximum atomic E-state index is 12.8. The van der Waals surface area contributed by atoms with Crippen molar-refractivity contribution < 1.29 is 29.0 Å². The molecule has 0 bridgehead atoms. The first kappa shape index (κ1) is 21.5. The van der Waals surface area contributed by atoms with Gasteiger partial charge in [0.15, 0.2) is 5.76 Å². The number of ketones is 1.